The number of nitrogens with one attached hydrogen (secondary N) is 2. The second-order valence-corrected chi connectivity index (χ2v) is 8.59. The first-order valence-electron chi connectivity index (χ1n) is 9.68. The van der Waals surface area contributed by atoms with Crippen LogP contribution in [0.15, 0.2) is 70.7 Å². The van der Waals surface area contributed by atoms with Gasteiger partial charge in [0.15, 0.2) is 5.78 Å². The van der Waals surface area contributed by atoms with E-state index in [1.54, 1.807) is 0 Å². The van der Waals surface area contributed by atoms with Crippen molar-refractivity contribution in [3.8, 4) is 0 Å². The molecule has 0 bridgehead atoms. The number of carbonyl (C=O) groups is 1. The SMILES string of the molecule is CC1(C)CC(=O)C2=C(C1)Nc1[nH]c(=O)c3ccccc3c1C2c1ccccc1. The van der Waals surface area contributed by atoms with Crippen molar-refractivity contribution in [1.29, 1.82) is 0 Å². The number of ketones is 1. The van der Waals surface area contributed by atoms with Crippen LogP contribution in [0, 0.1) is 5.41 Å². The number of hydrogen-bond donors (Lipinski definition) is 2. The van der Waals surface area contributed by atoms with Crippen molar-refractivity contribution in [2.75, 3.05) is 5.32 Å². The molecule has 0 radical (unpaired) electrons. The quantitative estimate of drug-likeness (QED) is 0.651. The Kier molecular flexibility index (Phi) is 3.60. The van der Waals surface area contributed by atoms with Gasteiger partial charge in [0.25, 0.3) is 5.56 Å². The number of carbonyl (C=O) groups excluding carboxylic acids is 1. The molecule has 1 unspecified atom stereocenters. The Morgan fingerprint density at radius 2 is 1.57 bits per heavy atom. The molecule has 0 saturated heterocycles. The van der Waals surface area contributed by atoms with Crippen LogP contribution in [0.3, 0.4) is 0 Å². The maximum atomic E-state index is 13.3. The van der Waals surface area contributed by atoms with Gasteiger partial charge in [-0.05, 0) is 28.9 Å². The number of fused-ring (bicyclic) bond motifs is 3. The van der Waals surface area contributed by atoms with Crippen molar-refractivity contribution >= 4 is 22.4 Å². The molecular weight excluding hydrogens is 348 g/mol. The molecule has 1 aliphatic heterocycles. The van der Waals surface area contributed by atoms with Crippen molar-refractivity contribution < 1.29 is 4.79 Å². The zero-order valence-electron chi connectivity index (χ0n) is 16.0. The summed E-state index contributed by atoms with van der Waals surface area (Å²) in [6.07, 6.45) is 1.32. The predicted octanol–water partition coefficient (Wildman–Crippen LogP) is 4.73. The summed E-state index contributed by atoms with van der Waals surface area (Å²) < 4.78 is 0. The van der Waals surface area contributed by atoms with E-state index in [1.165, 1.54) is 0 Å². The van der Waals surface area contributed by atoms with Crippen molar-refractivity contribution in [3.05, 3.63) is 87.3 Å². The van der Waals surface area contributed by atoms with Gasteiger partial charge in [0.1, 0.15) is 5.82 Å². The first-order valence-corrected chi connectivity index (χ1v) is 9.68. The minimum absolute atomic E-state index is 0.0984. The zero-order chi connectivity index (χ0) is 19.5. The lowest BCUT2D eigenvalue weighted by Crippen LogP contribution is -2.35. The molecule has 2 aliphatic rings. The average molecular weight is 370 g/mol. The lowest BCUT2D eigenvalue weighted by Gasteiger charge is -2.39. The number of rotatable bonds is 1. The number of H-pyrrole nitrogens is 1. The minimum atomic E-state index is -0.183. The molecule has 0 amide bonds. The summed E-state index contributed by atoms with van der Waals surface area (Å²) in [6, 6.07) is 17.8. The van der Waals surface area contributed by atoms with Crippen molar-refractivity contribution in [2.45, 2.75) is 32.6 Å². The minimum Gasteiger partial charge on any atom is -0.345 e. The van der Waals surface area contributed by atoms with Gasteiger partial charge in [0, 0.05) is 34.6 Å². The summed E-state index contributed by atoms with van der Waals surface area (Å²) in [4.78, 5) is 29.0. The highest BCUT2D eigenvalue weighted by Crippen LogP contribution is 2.49. The second-order valence-electron chi connectivity index (χ2n) is 8.59. The number of benzene rings is 2. The standard InChI is InChI=1S/C24H22N2O2/c1-24(2)12-17-21(18(27)13-24)19(14-8-4-3-5-9-14)20-15-10-6-7-11-16(15)23(28)26-22(20)25-17/h3-11,19H,12-13H2,1-2H3,(H2,25,26,28). The predicted molar refractivity (Wildman–Crippen MR) is 112 cm³/mol. The molecule has 0 fully saturated rings. The molecule has 140 valence electrons. The molecule has 1 aromatic heterocycles. The first-order chi connectivity index (χ1) is 13.4. The maximum Gasteiger partial charge on any atom is 0.257 e. The van der Waals surface area contributed by atoms with Gasteiger partial charge in [-0.25, -0.2) is 0 Å². The fourth-order valence-corrected chi connectivity index (χ4v) is 4.75. The Labute approximate surface area is 163 Å². The molecule has 1 aliphatic carbocycles. The molecule has 5 rings (SSSR count). The van der Waals surface area contributed by atoms with Crippen LogP contribution in [0.1, 0.15) is 43.7 Å². The Morgan fingerprint density at radius 1 is 0.893 bits per heavy atom. The molecular formula is C24H22N2O2. The molecule has 2 N–H and O–H groups in total. The number of hydrogen-bond acceptors (Lipinski definition) is 3. The van der Waals surface area contributed by atoms with Gasteiger partial charge in [-0.15, -0.1) is 0 Å². The monoisotopic (exact) mass is 370 g/mol. The third-order valence-corrected chi connectivity index (χ3v) is 5.88. The van der Waals surface area contributed by atoms with E-state index in [-0.39, 0.29) is 22.7 Å². The molecule has 2 aromatic carbocycles. The van der Waals surface area contributed by atoms with E-state index >= 15 is 0 Å². The smallest absolute Gasteiger partial charge is 0.257 e. The normalized spacial score (nSPS) is 20.5. The van der Waals surface area contributed by atoms with E-state index in [9.17, 15) is 9.59 Å². The fourth-order valence-electron chi connectivity index (χ4n) is 4.75. The highest BCUT2D eigenvalue weighted by Gasteiger charge is 2.41. The van der Waals surface area contributed by atoms with E-state index in [2.05, 4.69) is 36.3 Å². The summed E-state index contributed by atoms with van der Waals surface area (Å²) in [5.74, 6) is 0.716. The number of aromatic amines is 1. The van der Waals surface area contributed by atoms with Crippen LogP contribution < -0.4 is 10.9 Å². The van der Waals surface area contributed by atoms with Gasteiger partial charge in [-0.1, -0.05) is 62.4 Å². The molecule has 2 heterocycles. The third kappa shape index (κ3) is 2.52. The summed E-state index contributed by atoms with van der Waals surface area (Å²) in [6.45, 7) is 4.24. The number of pyridine rings is 1. The van der Waals surface area contributed by atoms with E-state index in [4.69, 9.17) is 0 Å². The van der Waals surface area contributed by atoms with E-state index in [0.717, 1.165) is 34.2 Å². The topological polar surface area (TPSA) is 62.0 Å². The van der Waals surface area contributed by atoms with Crippen molar-refractivity contribution in [1.82, 2.24) is 4.98 Å². The van der Waals surface area contributed by atoms with Gasteiger partial charge in [-0.2, -0.15) is 0 Å². The van der Waals surface area contributed by atoms with Crippen molar-refractivity contribution in [2.24, 2.45) is 5.41 Å². The Morgan fingerprint density at radius 3 is 2.32 bits per heavy atom. The molecule has 0 saturated carbocycles. The van der Waals surface area contributed by atoms with Crippen LogP contribution in [0.25, 0.3) is 10.8 Å². The Bertz CT molecular complexity index is 1200. The second kappa shape index (κ2) is 5.93. The lowest BCUT2D eigenvalue weighted by molar-refractivity contribution is -0.118. The molecule has 3 aromatic rings. The van der Waals surface area contributed by atoms with Crippen LogP contribution >= 0.6 is 0 Å². The fraction of sp³-hybridized carbons (Fsp3) is 0.250. The summed E-state index contributed by atoms with van der Waals surface area (Å²) in [7, 11) is 0. The molecule has 4 nitrogen and oxygen atoms in total. The van der Waals surface area contributed by atoms with Gasteiger partial charge < -0.3 is 10.3 Å². The van der Waals surface area contributed by atoms with Crippen molar-refractivity contribution in [3.63, 3.8) is 0 Å². The van der Waals surface area contributed by atoms with Gasteiger partial charge in [0.2, 0.25) is 0 Å². The number of Topliss-reactive ketones (excluding diaryl/α,β-unsaturated/α-hetero) is 1. The lowest BCUT2D eigenvalue weighted by atomic mass is 9.68. The van der Waals surface area contributed by atoms with Crippen LogP contribution in [-0.4, -0.2) is 10.8 Å². The van der Waals surface area contributed by atoms with Gasteiger partial charge in [-0.3, -0.25) is 9.59 Å². The number of aromatic nitrogens is 1. The zero-order valence-corrected chi connectivity index (χ0v) is 16.0. The van der Waals surface area contributed by atoms with E-state index < -0.39 is 0 Å². The van der Waals surface area contributed by atoms with E-state index in [1.807, 2.05) is 42.5 Å². The van der Waals surface area contributed by atoms with Gasteiger partial charge in [0.05, 0.1) is 0 Å². The molecule has 4 heteroatoms. The number of anilines is 1. The highest BCUT2D eigenvalue weighted by atomic mass is 16.1. The third-order valence-electron chi connectivity index (χ3n) is 5.88. The van der Waals surface area contributed by atoms with Crippen LogP contribution in [-0.2, 0) is 4.79 Å². The van der Waals surface area contributed by atoms with Crippen LogP contribution in [0.5, 0.6) is 0 Å². The average Bonchev–Trinajstić information content (AvgIpc) is 2.66. The molecule has 1 atom stereocenters. The summed E-state index contributed by atoms with van der Waals surface area (Å²) >= 11 is 0. The summed E-state index contributed by atoms with van der Waals surface area (Å²) in [5, 5.41) is 4.97. The summed E-state index contributed by atoms with van der Waals surface area (Å²) in [5.41, 5.74) is 3.62. The maximum absolute atomic E-state index is 13.3. The van der Waals surface area contributed by atoms with Crippen LogP contribution in [0.4, 0.5) is 5.82 Å². The number of allylic oxidation sites excluding steroid dienone is 2. The van der Waals surface area contributed by atoms with E-state index in [0.29, 0.717) is 17.6 Å². The molecule has 28 heavy (non-hydrogen) atoms. The molecule has 0 spiro atoms. The van der Waals surface area contributed by atoms with Crippen LogP contribution in [0.2, 0.25) is 0 Å². The highest BCUT2D eigenvalue weighted by molar-refractivity contribution is 6.03. The Balaban J connectivity index is 1.86. The Hall–Kier alpha value is -3.14. The first kappa shape index (κ1) is 17.0. The largest absolute Gasteiger partial charge is 0.345 e. The van der Waals surface area contributed by atoms with Gasteiger partial charge >= 0.3 is 0 Å².